The summed E-state index contributed by atoms with van der Waals surface area (Å²) in [5.41, 5.74) is 0.792. The van der Waals surface area contributed by atoms with Crippen LogP contribution in [0.5, 0.6) is 0 Å². The Morgan fingerprint density at radius 3 is 2.11 bits per heavy atom. The Morgan fingerprint density at radius 2 is 1.47 bits per heavy atom. The van der Waals surface area contributed by atoms with Gasteiger partial charge in [0, 0.05) is 17.6 Å². The lowest BCUT2D eigenvalue weighted by Crippen LogP contribution is -2.42. The van der Waals surface area contributed by atoms with Crippen LogP contribution in [0.2, 0.25) is 0 Å². The van der Waals surface area contributed by atoms with Crippen LogP contribution in [0.4, 0.5) is 0 Å². The van der Waals surface area contributed by atoms with Crippen LogP contribution in [-0.2, 0) is 0 Å². The molecule has 0 saturated heterocycles. The van der Waals surface area contributed by atoms with E-state index in [0.717, 1.165) is 16.3 Å². The van der Waals surface area contributed by atoms with Crippen LogP contribution in [0.1, 0.15) is 38.1 Å². The molecule has 0 aliphatic rings. The molecule has 0 aliphatic carbocycles. The normalized spacial score (nSPS) is 11.3. The van der Waals surface area contributed by atoms with Crippen LogP contribution in [0.25, 0.3) is 10.8 Å². The number of hydrogen-bond acceptors (Lipinski definition) is 1. The minimum Gasteiger partial charge on any atom is -0.334 e. The van der Waals surface area contributed by atoms with E-state index in [0.29, 0.717) is 0 Å². The number of rotatable bonds is 3. The number of hydrogen-bond donors (Lipinski definition) is 0. The van der Waals surface area contributed by atoms with Gasteiger partial charge in [0.2, 0.25) is 0 Å². The first-order chi connectivity index (χ1) is 9.02. The molecule has 2 nitrogen and oxygen atoms in total. The number of benzene rings is 2. The largest absolute Gasteiger partial charge is 0.334 e. The summed E-state index contributed by atoms with van der Waals surface area (Å²) in [7, 11) is 0. The lowest BCUT2D eigenvalue weighted by Gasteiger charge is -2.31. The molecule has 0 bridgehead atoms. The molecule has 0 unspecified atom stereocenters. The van der Waals surface area contributed by atoms with Crippen molar-refractivity contribution in [2.75, 3.05) is 0 Å². The van der Waals surface area contributed by atoms with Gasteiger partial charge in [0.15, 0.2) is 0 Å². The molecule has 1 amide bonds. The second kappa shape index (κ2) is 5.43. The first-order valence-electron chi connectivity index (χ1n) is 6.82. The molecule has 0 saturated carbocycles. The van der Waals surface area contributed by atoms with Crippen LogP contribution in [-0.4, -0.2) is 22.9 Å². The highest BCUT2D eigenvalue weighted by molar-refractivity contribution is 6.07. The van der Waals surface area contributed by atoms with Gasteiger partial charge in [-0.25, -0.2) is 0 Å². The quantitative estimate of drug-likeness (QED) is 0.808. The second-order valence-electron chi connectivity index (χ2n) is 5.43. The zero-order valence-corrected chi connectivity index (χ0v) is 12.1. The number of nitrogens with zero attached hydrogens (tertiary/aromatic N) is 1. The lowest BCUT2D eigenvalue weighted by molar-refractivity contribution is 0.0646. The molecule has 2 heteroatoms. The van der Waals surface area contributed by atoms with E-state index in [2.05, 4.69) is 27.7 Å². The summed E-state index contributed by atoms with van der Waals surface area (Å²) in [6.07, 6.45) is 0. The SMILES string of the molecule is CC(C)N(C(=O)c1cccc2ccccc12)C(C)C. The van der Waals surface area contributed by atoms with Crippen molar-refractivity contribution < 1.29 is 4.79 Å². The van der Waals surface area contributed by atoms with E-state index in [1.54, 1.807) is 0 Å². The van der Waals surface area contributed by atoms with Gasteiger partial charge in [0.1, 0.15) is 0 Å². The highest BCUT2D eigenvalue weighted by Gasteiger charge is 2.22. The summed E-state index contributed by atoms with van der Waals surface area (Å²) in [4.78, 5) is 14.7. The predicted octanol–water partition coefficient (Wildman–Crippen LogP) is 4.10. The molecule has 100 valence electrons. The first kappa shape index (κ1) is 13.6. The zero-order chi connectivity index (χ0) is 14.0. The van der Waals surface area contributed by atoms with Crippen LogP contribution in [0.3, 0.4) is 0 Å². The third kappa shape index (κ3) is 2.62. The van der Waals surface area contributed by atoms with E-state index in [1.807, 2.05) is 47.4 Å². The van der Waals surface area contributed by atoms with Crippen molar-refractivity contribution >= 4 is 16.7 Å². The number of fused-ring (bicyclic) bond motifs is 1. The predicted molar refractivity (Wildman–Crippen MR) is 80.4 cm³/mol. The molecule has 0 spiro atoms. The van der Waals surface area contributed by atoms with Crippen LogP contribution in [0, 0.1) is 0 Å². The Hall–Kier alpha value is -1.83. The summed E-state index contributed by atoms with van der Waals surface area (Å²) in [5.74, 6) is 0.113. The topological polar surface area (TPSA) is 20.3 Å². The minimum absolute atomic E-state index is 0.113. The fourth-order valence-corrected chi connectivity index (χ4v) is 2.62. The molecule has 0 radical (unpaired) electrons. The van der Waals surface area contributed by atoms with Crippen molar-refractivity contribution in [3.8, 4) is 0 Å². The van der Waals surface area contributed by atoms with Gasteiger partial charge in [-0.3, -0.25) is 4.79 Å². The summed E-state index contributed by atoms with van der Waals surface area (Å²) < 4.78 is 0. The third-order valence-electron chi connectivity index (χ3n) is 3.37. The van der Waals surface area contributed by atoms with E-state index >= 15 is 0 Å². The Kier molecular flexibility index (Phi) is 3.89. The maximum absolute atomic E-state index is 12.8. The molecule has 2 rings (SSSR count). The summed E-state index contributed by atoms with van der Waals surface area (Å²) >= 11 is 0. The fraction of sp³-hybridized carbons (Fsp3) is 0.353. The molecule has 0 aliphatic heterocycles. The fourth-order valence-electron chi connectivity index (χ4n) is 2.62. The summed E-state index contributed by atoms with van der Waals surface area (Å²) in [5, 5.41) is 2.14. The van der Waals surface area contributed by atoms with E-state index in [-0.39, 0.29) is 18.0 Å². The smallest absolute Gasteiger partial charge is 0.254 e. The molecular formula is C17H21NO. The Balaban J connectivity index is 2.52. The molecule has 0 heterocycles. The molecule has 19 heavy (non-hydrogen) atoms. The minimum atomic E-state index is 0.113. The number of carbonyl (C=O) groups is 1. The van der Waals surface area contributed by atoms with Crippen molar-refractivity contribution in [3.05, 3.63) is 48.0 Å². The Bertz CT molecular complexity index is 573. The van der Waals surface area contributed by atoms with Crippen LogP contribution < -0.4 is 0 Å². The average Bonchev–Trinajstić information content (AvgIpc) is 2.37. The van der Waals surface area contributed by atoms with Gasteiger partial charge in [-0.2, -0.15) is 0 Å². The number of carbonyl (C=O) groups excluding carboxylic acids is 1. The maximum atomic E-state index is 12.8. The van der Waals surface area contributed by atoms with Crippen LogP contribution >= 0.6 is 0 Å². The molecular weight excluding hydrogens is 234 g/mol. The lowest BCUT2D eigenvalue weighted by atomic mass is 10.0. The number of amides is 1. The monoisotopic (exact) mass is 255 g/mol. The molecule has 0 fully saturated rings. The second-order valence-corrected chi connectivity index (χ2v) is 5.43. The van der Waals surface area contributed by atoms with Crippen molar-refractivity contribution in [1.29, 1.82) is 0 Å². The van der Waals surface area contributed by atoms with E-state index in [4.69, 9.17) is 0 Å². The van der Waals surface area contributed by atoms with Gasteiger partial charge in [0.05, 0.1) is 0 Å². The van der Waals surface area contributed by atoms with Gasteiger partial charge in [0.25, 0.3) is 5.91 Å². The van der Waals surface area contributed by atoms with E-state index in [1.165, 1.54) is 0 Å². The van der Waals surface area contributed by atoms with Crippen molar-refractivity contribution in [1.82, 2.24) is 4.90 Å². The van der Waals surface area contributed by atoms with Crippen molar-refractivity contribution in [3.63, 3.8) is 0 Å². The van der Waals surface area contributed by atoms with Gasteiger partial charge >= 0.3 is 0 Å². The Labute approximate surface area is 115 Å². The van der Waals surface area contributed by atoms with Crippen LogP contribution in [0.15, 0.2) is 42.5 Å². The van der Waals surface area contributed by atoms with E-state index < -0.39 is 0 Å². The van der Waals surface area contributed by atoms with E-state index in [9.17, 15) is 4.79 Å². The van der Waals surface area contributed by atoms with Gasteiger partial charge in [-0.15, -0.1) is 0 Å². The third-order valence-corrected chi connectivity index (χ3v) is 3.37. The molecule has 2 aromatic rings. The van der Waals surface area contributed by atoms with Gasteiger partial charge in [-0.1, -0.05) is 36.4 Å². The average molecular weight is 255 g/mol. The first-order valence-corrected chi connectivity index (χ1v) is 6.82. The molecule has 0 atom stereocenters. The zero-order valence-electron chi connectivity index (χ0n) is 12.1. The Morgan fingerprint density at radius 1 is 0.895 bits per heavy atom. The van der Waals surface area contributed by atoms with Crippen molar-refractivity contribution in [2.45, 2.75) is 39.8 Å². The van der Waals surface area contributed by atoms with Gasteiger partial charge < -0.3 is 4.90 Å². The molecule has 0 N–H and O–H groups in total. The maximum Gasteiger partial charge on any atom is 0.254 e. The molecule has 2 aromatic carbocycles. The summed E-state index contributed by atoms with van der Waals surface area (Å²) in [6, 6.07) is 14.4. The summed E-state index contributed by atoms with van der Waals surface area (Å²) in [6.45, 7) is 8.23. The van der Waals surface area contributed by atoms with Gasteiger partial charge in [-0.05, 0) is 44.5 Å². The molecule has 0 aromatic heterocycles. The van der Waals surface area contributed by atoms with Crippen molar-refractivity contribution in [2.24, 2.45) is 0 Å². The standard InChI is InChI=1S/C17H21NO/c1-12(2)18(13(3)4)17(19)16-11-7-9-14-8-5-6-10-15(14)16/h5-13H,1-4H3. The highest BCUT2D eigenvalue weighted by atomic mass is 16.2. The highest BCUT2D eigenvalue weighted by Crippen LogP contribution is 2.21.